The van der Waals surface area contributed by atoms with Crippen molar-refractivity contribution in [1.29, 1.82) is 5.26 Å². The van der Waals surface area contributed by atoms with Gasteiger partial charge in [-0.25, -0.2) is 15.0 Å². The summed E-state index contributed by atoms with van der Waals surface area (Å²) in [6, 6.07) is 4.75. The van der Waals surface area contributed by atoms with Crippen molar-refractivity contribution in [3.05, 3.63) is 22.7 Å². The molecule has 1 aliphatic carbocycles. The Morgan fingerprint density at radius 1 is 1.38 bits per heavy atom. The predicted molar refractivity (Wildman–Crippen MR) is 120 cm³/mol. The van der Waals surface area contributed by atoms with E-state index in [-0.39, 0.29) is 11.5 Å². The Balaban J connectivity index is 1.91. The highest BCUT2D eigenvalue weighted by Gasteiger charge is 2.44. The lowest BCUT2D eigenvalue weighted by Gasteiger charge is -2.18. The summed E-state index contributed by atoms with van der Waals surface area (Å²) in [4.78, 5) is 13.7. The highest BCUT2D eigenvalue weighted by atomic mass is 79.9. The summed E-state index contributed by atoms with van der Waals surface area (Å²) < 4.78 is 8.98. The van der Waals surface area contributed by atoms with E-state index in [0.29, 0.717) is 12.7 Å². The van der Waals surface area contributed by atoms with Crippen LogP contribution in [0, 0.1) is 11.3 Å². The first-order valence-corrected chi connectivity index (χ1v) is 14.5. The molecule has 29 heavy (non-hydrogen) atoms. The minimum atomic E-state index is -1.15. The number of rotatable bonds is 9. The number of nitrogens with one attached hydrogen (secondary N) is 1. The fourth-order valence-electron chi connectivity index (χ4n) is 2.99. The summed E-state index contributed by atoms with van der Waals surface area (Å²) >= 11 is 3.64. The van der Waals surface area contributed by atoms with Crippen molar-refractivity contribution < 1.29 is 4.74 Å². The lowest BCUT2D eigenvalue weighted by molar-refractivity contribution is 0.0851. The van der Waals surface area contributed by atoms with Crippen LogP contribution in [0.15, 0.2) is 16.9 Å². The molecule has 0 aromatic carbocycles. The van der Waals surface area contributed by atoms with E-state index in [1.165, 1.54) is 0 Å². The van der Waals surface area contributed by atoms with Gasteiger partial charge in [-0.05, 0) is 47.8 Å². The van der Waals surface area contributed by atoms with E-state index in [9.17, 15) is 0 Å². The number of imidazole rings is 1. The molecular weight excluding hydrogens is 448 g/mol. The summed E-state index contributed by atoms with van der Waals surface area (Å²) in [5.74, 6) is 1.46. The van der Waals surface area contributed by atoms with Crippen LogP contribution in [0.3, 0.4) is 0 Å². The molecule has 9 heteroatoms. The van der Waals surface area contributed by atoms with Gasteiger partial charge >= 0.3 is 0 Å². The fraction of sp³-hybridized carbons (Fsp3) is 0.600. The van der Waals surface area contributed by atoms with Gasteiger partial charge in [-0.1, -0.05) is 26.6 Å². The number of anilines is 1. The number of halogens is 1. The van der Waals surface area contributed by atoms with Crippen LogP contribution in [-0.4, -0.2) is 40.2 Å². The molecule has 0 amide bonds. The van der Waals surface area contributed by atoms with Gasteiger partial charge in [-0.15, -0.1) is 0 Å². The minimum absolute atomic E-state index is 0.0896. The molecule has 0 saturated heterocycles. The summed E-state index contributed by atoms with van der Waals surface area (Å²) in [5.41, 5.74) is 1.72. The summed E-state index contributed by atoms with van der Waals surface area (Å²) in [6.45, 7) is 12.3. The highest BCUT2D eigenvalue weighted by molar-refractivity contribution is 9.10. The Bertz CT molecular complexity index is 913. The van der Waals surface area contributed by atoms with E-state index in [1.807, 2.05) is 6.07 Å². The molecule has 0 aliphatic heterocycles. The number of aromatic nitrogens is 4. The third kappa shape index (κ3) is 5.44. The van der Waals surface area contributed by atoms with E-state index >= 15 is 0 Å². The number of nitrogens with zero attached hydrogens (tertiary/aromatic N) is 5. The smallest absolute Gasteiger partial charge is 0.224 e. The molecule has 1 fully saturated rings. The molecule has 0 spiro atoms. The average Bonchev–Trinajstić information content (AvgIpc) is 3.30. The van der Waals surface area contributed by atoms with Crippen LogP contribution in [0.5, 0.6) is 0 Å². The van der Waals surface area contributed by atoms with Crippen LogP contribution >= 0.6 is 15.9 Å². The molecule has 2 aromatic rings. The van der Waals surface area contributed by atoms with Crippen molar-refractivity contribution in [3.8, 4) is 17.5 Å². The van der Waals surface area contributed by atoms with Crippen LogP contribution in [0.2, 0.25) is 25.7 Å². The van der Waals surface area contributed by atoms with E-state index in [0.717, 1.165) is 47.3 Å². The monoisotopic (exact) mass is 476 g/mol. The standard InChI is InChI=1S/C20H29BrN6OSi/c1-14(12-22)24-19-23-9-6-15(25-19)16-17(21)26-18(20(2)7-8-20)27(16)13-28-10-11-29(3,4)5/h6,9,14H,7-8,10-11,13H2,1-5H3,(H,23,24,25). The molecule has 2 heterocycles. The van der Waals surface area contributed by atoms with Gasteiger partial charge < -0.3 is 14.6 Å². The SMILES string of the molecule is CC(C#N)Nc1nccc(-c2c(Br)nc(C3(C)CC3)n2COCC[Si](C)(C)C)n1. The topological polar surface area (TPSA) is 88.7 Å². The second-order valence-electron chi connectivity index (χ2n) is 9.17. The van der Waals surface area contributed by atoms with Crippen molar-refractivity contribution in [3.63, 3.8) is 0 Å². The van der Waals surface area contributed by atoms with Crippen LogP contribution in [0.25, 0.3) is 11.4 Å². The maximum Gasteiger partial charge on any atom is 0.224 e. The summed E-state index contributed by atoms with van der Waals surface area (Å²) in [6.07, 6.45) is 3.95. The molecular formula is C20H29BrN6OSi. The molecule has 1 saturated carbocycles. The zero-order valence-corrected chi connectivity index (χ0v) is 20.4. The Labute approximate surface area is 182 Å². The normalized spacial score (nSPS) is 16.3. The Morgan fingerprint density at radius 2 is 2.10 bits per heavy atom. The predicted octanol–water partition coefficient (Wildman–Crippen LogP) is 4.79. The molecule has 156 valence electrons. The Hall–Kier alpha value is -1.76. The minimum Gasteiger partial charge on any atom is -0.361 e. The molecule has 0 bridgehead atoms. The zero-order valence-electron chi connectivity index (χ0n) is 17.8. The van der Waals surface area contributed by atoms with E-state index in [2.05, 4.69) is 68.4 Å². The quantitative estimate of drug-likeness (QED) is 0.413. The first kappa shape index (κ1) is 21.9. The van der Waals surface area contributed by atoms with Crippen LogP contribution in [0.4, 0.5) is 5.95 Å². The maximum absolute atomic E-state index is 9.04. The molecule has 1 aliphatic rings. The molecule has 1 atom stereocenters. The first-order chi connectivity index (χ1) is 13.6. The lowest BCUT2D eigenvalue weighted by Crippen LogP contribution is -2.22. The second kappa shape index (κ2) is 8.54. The van der Waals surface area contributed by atoms with Gasteiger partial charge in [0.2, 0.25) is 5.95 Å². The molecule has 3 rings (SSSR count). The third-order valence-electron chi connectivity index (χ3n) is 5.12. The maximum atomic E-state index is 9.04. The van der Waals surface area contributed by atoms with E-state index in [1.54, 1.807) is 13.1 Å². The largest absolute Gasteiger partial charge is 0.361 e. The summed E-state index contributed by atoms with van der Waals surface area (Å²) in [5, 5.41) is 12.0. The van der Waals surface area contributed by atoms with Crippen molar-refractivity contribution >= 4 is 30.0 Å². The second-order valence-corrected chi connectivity index (χ2v) is 15.5. The average molecular weight is 477 g/mol. The molecule has 2 aromatic heterocycles. The van der Waals surface area contributed by atoms with Crippen molar-refractivity contribution in [2.75, 3.05) is 11.9 Å². The summed E-state index contributed by atoms with van der Waals surface area (Å²) in [7, 11) is -1.15. The molecule has 1 unspecified atom stereocenters. The number of ether oxygens (including phenoxy) is 1. The number of hydrogen-bond donors (Lipinski definition) is 1. The molecule has 1 N–H and O–H groups in total. The van der Waals surface area contributed by atoms with Gasteiger partial charge in [0, 0.05) is 26.3 Å². The molecule has 7 nitrogen and oxygen atoms in total. The van der Waals surface area contributed by atoms with Crippen LogP contribution in [0.1, 0.15) is 32.5 Å². The van der Waals surface area contributed by atoms with Gasteiger partial charge in [-0.3, -0.25) is 0 Å². The first-order valence-electron chi connectivity index (χ1n) is 9.97. The van der Waals surface area contributed by atoms with Gasteiger partial charge in [0.05, 0.1) is 11.8 Å². The van der Waals surface area contributed by atoms with Crippen molar-refractivity contribution in [2.24, 2.45) is 0 Å². The van der Waals surface area contributed by atoms with Crippen molar-refractivity contribution in [2.45, 2.75) is 70.6 Å². The van der Waals surface area contributed by atoms with Gasteiger partial charge in [0.15, 0.2) is 0 Å². The highest BCUT2D eigenvalue weighted by Crippen LogP contribution is 2.48. The lowest BCUT2D eigenvalue weighted by atomic mass is 10.1. The van der Waals surface area contributed by atoms with Gasteiger partial charge in [0.1, 0.15) is 28.9 Å². The van der Waals surface area contributed by atoms with E-state index < -0.39 is 8.07 Å². The number of nitriles is 1. The number of hydrogen-bond acceptors (Lipinski definition) is 6. The van der Waals surface area contributed by atoms with Crippen LogP contribution < -0.4 is 5.32 Å². The van der Waals surface area contributed by atoms with Crippen molar-refractivity contribution in [1.82, 2.24) is 19.5 Å². The zero-order chi connectivity index (χ0) is 21.2. The molecule has 0 radical (unpaired) electrons. The fourth-order valence-corrected chi connectivity index (χ4v) is 4.33. The van der Waals surface area contributed by atoms with Crippen LogP contribution in [-0.2, 0) is 16.9 Å². The van der Waals surface area contributed by atoms with Gasteiger partial charge in [0.25, 0.3) is 0 Å². The Kier molecular flexibility index (Phi) is 6.46. The Morgan fingerprint density at radius 3 is 2.72 bits per heavy atom. The van der Waals surface area contributed by atoms with Gasteiger partial charge in [-0.2, -0.15) is 5.26 Å². The van der Waals surface area contributed by atoms with E-state index in [4.69, 9.17) is 15.0 Å². The third-order valence-corrected chi connectivity index (χ3v) is 7.38.